The molecule has 120 valence electrons. The Hall–Kier alpha value is -1.88. The Morgan fingerprint density at radius 1 is 1.41 bits per heavy atom. The molecule has 5 nitrogen and oxygen atoms in total. The average molecular weight is 304 g/mol. The molecule has 2 unspecified atom stereocenters. The largest absolute Gasteiger partial charge is 0.391 e. The molecule has 0 aromatic heterocycles. The number of anilines is 1. The number of para-hydroxylation sites is 1. The average Bonchev–Trinajstić information content (AvgIpc) is 2.50. The van der Waals surface area contributed by atoms with Crippen LogP contribution < -0.4 is 10.6 Å². The van der Waals surface area contributed by atoms with Gasteiger partial charge in [0.15, 0.2) is 0 Å². The van der Waals surface area contributed by atoms with Gasteiger partial charge in [0.25, 0.3) is 0 Å². The highest BCUT2D eigenvalue weighted by Crippen LogP contribution is 2.27. The summed E-state index contributed by atoms with van der Waals surface area (Å²) in [6, 6.07) is 7.74. The quantitative estimate of drug-likeness (QED) is 0.748. The van der Waals surface area contributed by atoms with Crippen LogP contribution in [0.1, 0.15) is 32.3 Å². The van der Waals surface area contributed by atoms with Crippen LogP contribution in [0.3, 0.4) is 0 Å². The van der Waals surface area contributed by atoms with Gasteiger partial charge in [-0.05, 0) is 30.4 Å². The minimum Gasteiger partial charge on any atom is -0.391 e. The molecule has 0 spiro atoms. The lowest BCUT2D eigenvalue weighted by atomic mass is 9.89. The molecule has 5 heteroatoms. The summed E-state index contributed by atoms with van der Waals surface area (Å²) in [6.45, 7) is 4.07. The number of benzene rings is 1. The Labute approximate surface area is 131 Å². The smallest absolute Gasteiger partial charge is 0.227 e. The molecule has 1 aromatic carbocycles. The maximum atomic E-state index is 12.0. The lowest BCUT2D eigenvalue weighted by molar-refractivity contribution is -0.123. The fraction of sp³-hybridized carbons (Fsp3) is 0.529. The van der Waals surface area contributed by atoms with Crippen molar-refractivity contribution in [1.82, 2.24) is 5.32 Å². The molecular formula is C17H24N2O3. The van der Waals surface area contributed by atoms with Gasteiger partial charge in [-0.2, -0.15) is 0 Å². The van der Waals surface area contributed by atoms with Gasteiger partial charge in [-0.3, -0.25) is 9.59 Å². The molecule has 1 aromatic rings. The molecule has 1 aliphatic rings. The minimum absolute atomic E-state index is 0.0197. The molecule has 0 saturated heterocycles. The molecule has 2 rings (SSSR count). The van der Waals surface area contributed by atoms with Gasteiger partial charge in [0.1, 0.15) is 0 Å². The summed E-state index contributed by atoms with van der Waals surface area (Å²) in [7, 11) is 0. The fourth-order valence-corrected chi connectivity index (χ4v) is 2.49. The summed E-state index contributed by atoms with van der Waals surface area (Å²) in [6.07, 6.45) is 0.951. The summed E-state index contributed by atoms with van der Waals surface area (Å²) in [5.74, 6) is -0.198. The third-order valence-electron chi connectivity index (χ3n) is 4.11. The second-order valence-electron chi connectivity index (χ2n) is 6.20. The number of rotatable bonds is 6. The number of hydrogen-bond acceptors (Lipinski definition) is 3. The summed E-state index contributed by atoms with van der Waals surface area (Å²) >= 11 is 0. The van der Waals surface area contributed by atoms with Crippen molar-refractivity contribution in [3.63, 3.8) is 0 Å². The van der Waals surface area contributed by atoms with Gasteiger partial charge in [-0.1, -0.05) is 32.0 Å². The molecule has 0 aliphatic carbocycles. The van der Waals surface area contributed by atoms with Crippen LogP contribution in [0.4, 0.5) is 5.69 Å². The first kappa shape index (κ1) is 16.5. The molecule has 1 heterocycles. The number of nitrogens with one attached hydrogen (secondary N) is 2. The Kier molecular flexibility index (Phi) is 5.55. The van der Waals surface area contributed by atoms with Gasteiger partial charge in [0.2, 0.25) is 11.8 Å². The second kappa shape index (κ2) is 7.40. The van der Waals surface area contributed by atoms with Crippen LogP contribution in [-0.4, -0.2) is 29.6 Å². The van der Waals surface area contributed by atoms with E-state index in [9.17, 15) is 14.7 Å². The lowest BCUT2D eigenvalue weighted by Gasteiger charge is -2.24. The summed E-state index contributed by atoms with van der Waals surface area (Å²) in [5, 5.41) is 15.3. The van der Waals surface area contributed by atoms with Gasteiger partial charge < -0.3 is 15.7 Å². The van der Waals surface area contributed by atoms with Crippen molar-refractivity contribution in [2.75, 3.05) is 11.9 Å². The van der Waals surface area contributed by atoms with Gasteiger partial charge in [0.05, 0.1) is 6.10 Å². The predicted octanol–water partition coefficient (Wildman–Crippen LogP) is 1.71. The van der Waals surface area contributed by atoms with E-state index in [1.54, 1.807) is 0 Å². The second-order valence-corrected chi connectivity index (χ2v) is 6.20. The van der Waals surface area contributed by atoms with Gasteiger partial charge in [-0.25, -0.2) is 0 Å². The number of hydrogen-bond donors (Lipinski definition) is 3. The van der Waals surface area contributed by atoms with E-state index in [2.05, 4.69) is 10.6 Å². The van der Waals surface area contributed by atoms with E-state index in [0.717, 1.165) is 11.3 Å². The Morgan fingerprint density at radius 2 is 2.14 bits per heavy atom. The zero-order chi connectivity index (χ0) is 16.1. The van der Waals surface area contributed by atoms with Crippen molar-refractivity contribution in [3.05, 3.63) is 29.8 Å². The zero-order valence-electron chi connectivity index (χ0n) is 13.1. The van der Waals surface area contributed by atoms with Gasteiger partial charge in [0, 0.05) is 24.6 Å². The van der Waals surface area contributed by atoms with Crippen LogP contribution in [-0.2, 0) is 16.0 Å². The molecule has 0 fully saturated rings. The summed E-state index contributed by atoms with van der Waals surface area (Å²) < 4.78 is 0. The number of aliphatic hydroxyl groups is 1. The van der Waals surface area contributed by atoms with Crippen molar-refractivity contribution in [3.8, 4) is 0 Å². The van der Waals surface area contributed by atoms with E-state index in [0.29, 0.717) is 19.3 Å². The van der Waals surface area contributed by atoms with Gasteiger partial charge in [-0.15, -0.1) is 0 Å². The predicted molar refractivity (Wildman–Crippen MR) is 85.4 cm³/mol. The molecule has 3 N–H and O–H groups in total. The molecule has 0 radical (unpaired) electrons. The number of carbonyl (C=O) groups is 2. The first-order valence-electron chi connectivity index (χ1n) is 7.81. The number of amides is 2. The molecular weight excluding hydrogens is 280 g/mol. The van der Waals surface area contributed by atoms with E-state index < -0.39 is 6.10 Å². The third-order valence-corrected chi connectivity index (χ3v) is 4.11. The highest BCUT2D eigenvalue weighted by atomic mass is 16.3. The van der Waals surface area contributed by atoms with Crippen LogP contribution in [0.25, 0.3) is 0 Å². The lowest BCUT2D eigenvalue weighted by Crippen LogP contribution is -2.36. The monoisotopic (exact) mass is 304 g/mol. The highest BCUT2D eigenvalue weighted by Gasteiger charge is 2.26. The maximum Gasteiger partial charge on any atom is 0.227 e. The van der Waals surface area contributed by atoms with E-state index >= 15 is 0 Å². The number of aliphatic hydroxyl groups excluding tert-OH is 1. The molecule has 2 atom stereocenters. The van der Waals surface area contributed by atoms with Crippen LogP contribution >= 0.6 is 0 Å². The van der Waals surface area contributed by atoms with Crippen molar-refractivity contribution in [2.24, 2.45) is 11.8 Å². The van der Waals surface area contributed by atoms with Crippen LogP contribution in [0.15, 0.2) is 24.3 Å². The van der Waals surface area contributed by atoms with Gasteiger partial charge >= 0.3 is 0 Å². The number of carbonyl (C=O) groups excluding carboxylic acids is 2. The molecule has 0 bridgehead atoms. The molecule has 0 saturated carbocycles. The third kappa shape index (κ3) is 4.31. The molecule has 2 amide bonds. The van der Waals surface area contributed by atoms with E-state index in [4.69, 9.17) is 0 Å². The Morgan fingerprint density at radius 3 is 2.86 bits per heavy atom. The van der Waals surface area contributed by atoms with E-state index in [-0.39, 0.29) is 30.2 Å². The maximum absolute atomic E-state index is 12.0. The highest BCUT2D eigenvalue weighted by molar-refractivity contribution is 5.96. The van der Waals surface area contributed by atoms with Crippen molar-refractivity contribution >= 4 is 17.5 Å². The first-order chi connectivity index (χ1) is 10.5. The Balaban J connectivity index is 1.80. The van der Waals surface area contributed by atoms with Crippen LogP contribution in [0, 0.1) is 11.8 Å². The fourth-order valence-electron chi connectivity index (χ4n) is 2.49. The summed E-state index contributed by atoms with van der Waals surface area (Å²) in [5.41, 5.74) is 1.98. The first-order valence-corrected chi connectivity index (χ1v) is 7.81. The van der Waals surface area contributed by atoms with E-state index in [1.807, 2.05) is 38.1 Å². The summed E-state index contributed by atoms with van der Waals surface area (Å²) in [4.78, 5) is 23.9. The van der Waals surface area contributed by atoms with Crippen molar-refractivity contribution in [2.45, 2.75) is 39.2 Å². The molecule has 1 aliphatic heterocycles. The number of fused-ring (bicyclic) bond motifs is 1. The topological polar surface area (TPSA) is 78.4 Å². The van der Waals surface area contributed by atoms with E-state index in [1.165, 1.54) is 0 Å². The molecule has 22 heavy (non-hydrogen) atoms. The van der Waals surface area contributed by atoms with Crippen molar-refractivity contribution < 1.29 is 14.7 Å². The minimum atomic E-state index is -0.534. The van der Waals surface area contributed by atoms with Crippen molar-refractivity contribution in [1.29, 1.82) is 0 Å². The zero-order valence-corrected chi connectivity index (χ0v) is 13.1. The Bertz CT molecular complexity index is 542. The SMILES string of the molecule is CC(C)C(O)CNC(=O)CCC1Cc2ccccc2NC1=O. The van der Waals surface area contributed by atoms with Crippen LogP contribution in [0.5, 0.6) is 0 Å². The normalized spacial score (nSPS) is 18.5. The van der Waals surface area contributed by atoms with Crippen LogP contribution in [0.2, 0.25) is 0 Å². The standard InChI is InChI=1S/C17H24N2O3/c1-11(2)15(20)10-18-16(21)8-7-13-9-12-5-3-4-6-14(12)19-17(13)22/h3-6,11,13,15,20H,7-10H2,1-2H3,(H,18,21)(H,19,22).